The Bertz CT molecular complexity index is 122. The van der Waals surface area contributed by atoms with Crippen molar-refractivity contribution in [3.63, 3.8) is 0 Å². The summed E-state index contributed by atoms with van der Waals surface area (Å²) in [6.45, 7) is 3.86. The predicted molar refractivity (Wildman–Crippen MR) is 44.6 cm³/mol. The zero-order valence-electron chi connectivity index (χ0n) is 7.86. The highest BCUT2D eigenvalue weighted by Gasteiger charge is 2.23. The van der Waals surface area contributed by atoms with Gasteiger partial charge in [-0.05, 0) is 20.4 Å². The highest BCUT2D eigenvalue weighted by atomic mass is 19.3. The van der Waals surface area contributed by atoms with Gasteiger partial charge in [0.05, 0.1) is 5.60 Å². The van der Waals surface area contributed by atoms with Gasteiger partial charge >= 0.3 is 0 Å². The number of nitrogens with one attached hydrogen (secondary N) is 1. The molecule has 4 heteroatoms. The number of hydrogen-bond acceptors (Lipinski definition) is 2. The molecule has 2 nitrogen and oxygen atoms in total. The molecular weight excluding hydrogens is 164 g/mol. The molecule has 0 aliphatic heterocycles. The van der Waals surface area contributed by atoms with E-state index < -0.39 is 18.6 Å². The second kappa shape index (κ2) is 5.43. The Morgan fingerprint density at radius 3 is 2.42 bits per heavy atom. The van der Waals surface area contributed by atoms with Gasteiger partial charge in [-0.25, -0.2) is 8.78 Å². The summed E-state index contributed by atoms with van der Waals surface area (Å²) in [4.78, 5) is 0. The highest BCUT2D eigenvalue weighted by molar-refractivity contribution is 4.75. The van der Waals surface area contributed by atoms with Gasteiger partial charge in [0.1, 0.15) is 6.61 Å². The SMILES string of the molecule is CCC(C)(CNC)OCC(F)F. The van der Waals surface area contributed by atoms with E-state index in [0.717, 1.165) is 6.42 Å². The van der Waals surface area contributed by atoms with Gasteiger partial charge in [-0.3, -0.25) is 0 Å². The van der Waals surface area contributed by atoms with Gasteiger partial charge in [0.15, 0.2) is 0 Å². The predicted octanol–water partition coefficient (Wildman–Crippen LogP) is 1.66. The largest absolute Gasteiger partial charge is 0.368 e. The van der Waals surface area contributed by atoms with Crippen molar-refractivity contribution in [2.75, 3.05) is 20.2 Å². The number of alkyl halides is 2. The minimum Gasteiger partial charge on any atom is -0.368 e. The summed E-state index contributed by atoms with van der Waals surface area (Å²) in [5.41, 5.74) is -0.467. The number of rotatable bonds is 6. The molecule has 0 amide bonds. The maximum atomic E-state index is 11.8. The summed E-state index contributed by atoms with van der Waals surface area (Å²) in [5, 5.41) is 2.91. The number of halogens is 2. The Hall–Kier alpha value is -0.220. The van der Waals surface area contributed by atoms with Crippen LogP contribution in [0.1, 0.15) is 20.3 Å². The summed E-state index contributed by atoms with van der Waals surface area (Å²) in [7, 11) is 1.78. The zero-order chi connectivity index (χ0) is 9.61. The molecule has 12 heavy (non-hydrogen) atoms. The van der Waals surface area contributed by atoms with E-state index in [1.54, 1.807) is 7.05 Å². The normalized spacial score (nSPS) is 16.5. The van der Waals surface area contributed by atoms with Crippen LogP contribution in [0.5, 0.6) is 0 Å². The van der Waals surface area contributed by atoms with Crippen molar-refractivity contribution in [2.45, 2.75) is 32.3 Å². The fourth-order valence-corrected chi connectivity index (χ4v) is 0.916. The minimum absolute atomic E-state index is 0.467. The molecule has 0 saturated carbocycles. The highest BCUT2D eigenvalue weighted by Crippen LogP contribution is 2.14. The Morgan fingerprint density at radius 2 is 2.08 bits per heavy atom. The summed E-state index contributed by atoms with van der Waals surface area (Å²) in [5.74, 6) is 0. The van der Waals surface area contributed by atoms with Gasteiger partial charge in [-0.1, -0.05) is 6.92 Å². The molecule has 0 aliphatic rings. The van der Waals surface area contributed by atoms with Crippen molar-refractivity contribution >= 4 is 0 Å². The number of hydrogen-bond donors (Lipinski definition) is 1. The van der Waals surface area contributed by atoms with Crippen molar-refractivity contribution < 1.29 is 13.5 Å². The van der Waals surface area contributed by atoms with E-state index in [4.69, 9.17) is 4.74 Å². The molecule has 0 fully saturated rings. The van der Waals surface area contributed by atoms with Crippen molar-refractivity contribution in [2.24, 2.45) is 0 Å². The third-order valence-corrected chi connectivity index (χ3v) is 1.86. The van der Waals surface area contributed by atoms with Crippen molar-refractivity contribution in [1.82, 2.24) is 5.32 Å². The van der Waals surface area contributed by atoms with Crippen LogP contribution in [0, 0.1) is 0 Å². The third kappa shape index (κ3) is 4.62. The Morgan fingerprint density at radius 1 is 1.50 bits per heavy atom. The molecule has 0 aromatic heterocycles. The topological polar surface area (TPSA) is 21.3 Å². The fourth-order valence-electron chi connectivity index (χ4n) is 0.916. The molecule has 0 aromatic rings. The van der Waals surface area contributed by atoms with E-state index in [2.05, 4.69) is 5.32 Å². The van der Waals surface area contributed by atoms with E-state index in [1.165, 1.54) is 0 Å². The molecule has 0 bridgehead atoms. The summed E-state index contributed by atoms with van der Waals surface area (Å²) < 4.78 is 28.7. The van der Waals surface area contributed by atoms with E-state index in [1.807, 2.05) is 13.8 Å². The maximum absolute atomic E-state index is 11.8. The van der Waals surface area contributed by atoms with Crippen LogP contribution in [0.25, 0.3) is 0 Å². The molecule has 1 N–H and O–H groups in total. The summed E-state index contributed by atoms with van der Waals surface area (Å²) in [6, 6.07) is 0. The number of ether oxygens (including phenoxy) is 1. The average molecular weight is 181 g/mol. The van der Waals surface area contributed by atoms with E-state index in [0.29, 0.717) is 6.54 Å². The van der Waals surface area contributed by atoms with E-state index in [9.17, 15) is 8.78 Å². The first-order chi connectivity index (χ1) is 5.54. The van der Waals surface area contributed by atoms with Crippen LogP contribution in [0.15, 0.2) is 0 Å². The molecule has 0 spiro atoms. The molecule has 0 aliphatic carbocycles. The Balaban J connectivity index is 3.78. The first-order valence-corrected chi connectivity index (χ1v) is 4.11. The van der Waals surface area contributed by atoms with E-state index >= 15 is 0 Å². The second-order valence-corrected chi connectivity index (χ2v) is 3.04. The molecule has 0 aromatic carbocycles. The van der Waals surface area contributed by atoms with Gasteiger partial charge < -0.3 is 10.1 Å². The Kier molecular flexibility index (Phi) is 5.33. The molecule has 0 heterocycles. The van der Waals surface area contributed by atoms with Crippen LogP contribution < -0.4 is 5.32 Å². The average Bonchev–Trinajstić information content (AvgIpc) is 2.02. The quantitative estimate of drug-likeness (QED) is 0.672. The van der Waals surface area contributed by atoms with Crippen LogP contribution in [-0.2, 0) is 4.74 Å². The molecule has 0 radical (unpaired) electrons. The zero-order valence-corrected chi connectivity index (χ0v) is 7.86. The lowest BCUT2D eigenvalue weighted by molar-refractivity contribution is -0.0792. The van der Waals surface area contributed by atoms with Crippen LogP contribution >= 0.6 is 0 Å². The maximum Gasteiger partial charge on any atom is 0.261 e. The van der Waals surface area contributed by atoms with Crippen LogP contribution in [0.2, 0.25) is 0 Å². The van der Waals surface area contributed by atoms with Crippen molar-refractivity contribution in [1.29, 1.82) is 0 Å². The molecular formula is C8H17F2NO. The first-order valence-electron chi connectivity index (χ1n) is 4.11. The first kappa shape index (κ1) is 11.8. The van der Waals surface area contributed by atoms with Crippen LogP contribution in [0.4, 0.5) is 8.78 Å². The molecule has 1 unspecified atom stereocenters. The summed E-state index contributed by atoms with van der Waals surface area (Å²) in [6.07, 6.45) is -1.66. The van der Waals surface area contributed by atoms with Crippen molar-refractivity contribution in [3.05, 3.63) is 0 Å². The van der Waals surface area contributed by atoms with Gasteiger partial charge in [0.2, 0.25) is 0 Å². The summed E-state index contributed by atoms with van der Waals surface area (Å²) >= 11 is 0. The molecule has 0 rings (SSSR count). The second-order valence-electron chi connectivity index (χ2n) is 3.04. The molecule has 1 atom stereocenters. The van der Waals surface area contributed by atoms with Crippen molar-refractivity contribution in [3.8, 4) is 0 Å². The van der Waals surface area contributed by atoms with Crippen LogP contribution in [0.3, 0.4) is 0 Å². The lowest BCUT2D eigenvalue weighted by Crippen LogP contribution is -2.39. The van der Waals surface area contributed by atoms with Gasteiger partial charge in [0, 0.05) is 6.54 Å². The van der Waals surface area contributed by atoms with E-state index in [-0.39, 0.29) is 0 Å². The lowest BCUT2D eigenvalue weighted by Gasteiger charge is -2.28. The Labute approximate surface area is 72.3 Å². The van der Waals surface area contributed by atoms with Gasteiger partial charge in [0.25, 0.3) is 6.43 Å². The fraction of sp³-hybridized carbons (Fsp3) is 1.00. The smallest absolute Gasteiger partial charge is 0.261 e. The lowest BCUT2D eigenvalue weighted by atomic mass is 10.0. The molecule has 0 saturated heterocycles. The van der Waals surface area contributed by atoms with Crippen LogP contribution in [-0.4, -0.2) is 32.2 Å². The number of likely N-dealkylation sites (N-methyl/N-ethyl adjacent to an activating group) is 1. The van der Waals surface area contributed by atoms with Gasteiger partial charge in [-0.15, -0.1) is 0 Å². The monoisotopic (exact) mass is 181 g/mol. The molecule has 74 valence electrons. The third-order valence-electron chi connectivity index (χ3n) is 1.86. The standard InChI is InChI=1S/C8H17F2NO/c1-4-8(2,6-11-3)12-5-7(9)10/h7,11H,4-6H2,1-3H3. The van der Waals surface area contributed by atoms with Gasteiger partial charge in [-0.2, -0.15) is 0 Å². The minimum atomic E-state index is -2.38.